The average molecular weight is 441 g/mol. The molecule has 8 heteroatoms. The third-order valence-corrected chi connectivity index (χ3v) is 5.75. The van der Waals surface area contributed by atoms with Crippen molar-refractivity contribution in [2.24, 2.45) is 0 Å². The highest BCUT2D eigenvalue weighted by Gasteiger charge is 2.30. The van der Waals surface area contributed by atoms with E-state index in [2.05, 4.69) is 10.3 Å². The van der Waals surface area contributed by atoms with E-state index in [1.807, 2.05) is 36.4 Å². The molecule has 0 spiro atoms. The van der Waals surface area contributed by atoms with Crippen LogP contribution in [0.3, 0.4) is 0 Å². The zero-order valence-corrected chi connectivity index (χ0v) is 18.3. The van der Waals surface area contributed by atoms with Gasteiger partial charge in [0.1, 0.15) is 5.60 Å². The summed E-state index contributed by atoms with van der Waals surface area (Å²) in [5.41, 5.74) is 3.41. The van der Waals surface area contributed by atoms with Gasteiger partial charge in [0, 0.05) is 31.5 Å². The Balaban J connectivity index is 1.35. The molecule has 2 N–H and O–H groups in total. The van der Waals surface area contributed by atoms with E-state index in [0.717, 1.165) is 28.8 Å². The molecule has 0 atom stereocenters. The van der Waals surface area contributed by atoms with E-state index in [-0.39, 0.29) is 11.9 Å². The molecule has 2 aliphatic rings. The molecular formula is C23H25ClN4O3. The lowest BCUT2D eigenvalue weighted by molar-refractivity contribution is -0.147. The molecule has 4 rings (SSSR count). The smallest absolute Gasteiger partial charge is 0.322 e. The molecule has 0 saturated carbocycles. The van der Waals surface area contributed by atoms with Crippen molar-refractivity contribution in [1.82, 2.24) is 14.8 Å². The summed E-state index contributed by atoms with van der Waals surface area (Å²) in [6.45, 7) is 5.01. The normalized spacial score (nSPS) is 16.1. The molecule has 1 aromatic heterocycles. The van der Waals surface area contributed by atoms with Gasteiger partial charge in [-0.1, -0.05) is 29.8 Å². The number of fused-ring (bicyclic) bond motifs is 1. The average Bonchev–Trinajstić information content (AvgIpc) is 3.17. The number of aromatic nitrogens is 1. The summed E-state index contributed by atoms with van der Waals surface area (Å²) in [5, 5.41) is 13.4. The maximum absolute atomic E-state index is 12.6. The van der Waals surface area contributed by atoms with Crippen LogP contribution in [-0.4, -0.2) is 50.5 Å². The van der Waals surface area contributed by atoms with Crippen LogP contribution in [0.5, 0.6) is 0 Å². The fourth-order valence-electron chi connectivity index (χ4n) is 3.85. The molecule has 1 aromatic carbocycles. The molecule has 31 heavy (non-hydrogen) atoms. The second kappa shape index (κ2) is 8.32. The van der Waals surface area contributed by atoms with Crippen LogP contribution in [-0.2, 0) is 17.9 Å². The number of halogens is 1. The van der Waals surface area contributed by atoms with E-state index in [0.29, 0.717) is 36.9 Å². The minimum absolute atomic E-state index is 0.181. The van der Waals surface area contributed by atoms with Gasteiger partial charge in [-0.05, 0) is 55.2 Å². The van der Waals surface area contributed by atoms with Gasteiger partial charge < -0.3 is 20.2 Å². The Morgan fingerprint density at radius 3 is 2.55 bits per heavy atom. The maximum Gasteiger partial charge on any atom is 0.322 e. The van der Waals surface area contributed by atoms with Crippen molar-refractivity contribution in [3.05, 3.63) is 64.4 Å². The van der Waals surface area contributed by atoms with Gasteiger partial charge >= 0.3 is 6.03 Å². The summed E-state index contributed by atoms with van der Waals surface area (Å²) in [6.07, 6.45) is 4.33. The Labute approximate surface area is 186 Å². The monoisotopic (exact) mass is 440 g/mol. The predicted molar refractivity (Wildman–Crippen MR) is 119 cm³/mol. The van der Waals surface area contributed by atoms with Gasteiger partial charge in [-0.2, -0.15) is 0 Å². The fraction of sp³-hybridized carbons (Fsp3) is 0.348. The van der Waals surface area contributed by atoms with Crippen molar-refractivity contribution in [2.45, 2.75) is 39.0 Å². The van der Waals surface area contributed by atoms with Crippen LogP contribution >= 0.6 is 11.6 Å². The van der Waals surface area contributed by atoms with Gasteiger partial charge in [-0.15, -0.1) is 0 Å². The van der Waals surface area contributed by atoms with Gasteiger partial charge in [-0.3, -0.25) is 9.78 Å². The second-order valence-corrected chi connectivity index (χ2v) is 8.85. The summed E-state index contributed by atoms with van der Waals surface area (Å²) in [6, 6.07) is 9.35. The fourth-order valence-corrected chi connectivity index (χ4v) is 4.03. The topological polar surface area (TPSA) is 85.8 Å². The summed E-state index contributed by atoms with van der Waals surface area (Å²) in [7, 11) is 0. The van der Waals surface area contributed by atoms with Crippen molar-refractivity contribution < 1.29 is 14.7 Å². The first kappa shape index (κ1) is 21.3. The molecule has 0 bridgehead atoms. The van der Waals surface area contributed by atoms with E-state index < -0.39 is 5.60 Å². The molecule has 0 saturated heterocycles. The van der Waals surface area contributed by atoms with Crippen LogP contribution in [0.4, 0.5) is 10.5 Å². The van der Waals surface area contributed by atoms with Crippen LogP contribution in [0.2, 0.25) is 5.02 Å². The van der Waals surface area contributed by atoms with Crippen molar-refractivity contribution in [3.8, 4) is 0 Å². The Morgan fingerprint density at radius 1 is 1.16 bits per heavy atom. The number of aliphatic hydroxyl groups is 1. The molecule has 162 valence electrons. The first-order valence-electron chi connectivity index (χ1n) is 10.2. The highest BCUT2D eigenvalue weighted by atomic mass is 35.5. The highest BCUT2D eigenvalue weighted by molar-refractivity contribution is 6.30. The summed E-state index contributed by atoms with van der Waals surface area (Å²) in [4.78, 5) is 32.5. The lowest BCUT2D eigenvalue weighted by atomic mass is 9.98. The number of amides is 3. The standard InChI is InChI=1S/C23H25ClN4O3/c1-23(2,31)21(29)27-9-7-16(8-10-27)15-3-5-19(6-4-15)26-22(30)28-13-17-11-18(24)12-25-20(17)14-28/h3-7,11-12,31H,8-10,13-14H2,1-2H3,(H,26,30). The molecule has 0 radical (unpaired) electrons. The molecule has 0 fully saturated rings. The number of pyridine rings is 1. The number of nitrogens with zero attached hydrogens (tertiary/aromatic N) is 3. The predicted octanol–water partition coefficient (Wildman–Crippen LogP) is 3.67. The maximum atomic E-state index is 12.6. The first-order chi connectivity index (χ1) is 14.7. The highest BCUT2D eigenvalue weighted by Crippen LogP contribution is 2.26. The Bertz CT molecular complexity index is 1040. The van der Waals surface area contributed by atoms with Crippen LogP contribution < -0.4 is 5.32 Å². The number of benzene rings is 1. The van der Waals surface area contributed by atoms with Crippen molar-refractivity contribution >= 4 is 34.8 Å². The zero-order chi connectivity index (χ0) is 22.2. The van der Waals surface area contributed by atoms with E-state index in [9.17, 15) is 14.7 Å². The molecular weight excluding hydrogens is 416 g/mol. The zero-order valence-electron chi connectivity index (χ0n) is 17.6. The van der Waals surface area contributed by atoms with Crippen molar-refractivity contribution in [3.63, 3.8) is 0 Å². The van der Waals surface area contributed by atoms with Crippen LogP contribution in [0.1, 0.15) is 37.1 Å². The largest absolute Gasteiger partial charge is 0.381 e. The van der Waals surface area contributed by atoms with E-state index >= 15 is 0 Å². The summed E-state index contributed by atoms with van der Waals surface area (Å²) < 4.78 is 0. The van der Waals surface area contributed by atoms with Crippen molar-refractivity contribution in [2.75, 3.05) is 18.4 Å². The number of rotatable bonds is 3. The Hall–Kier alpha value is -2.90. The van der Waals surface area contributed by atoms with E-state index in [1.54, 1.807) is 16.0 Å². The van der Waals surface area contributed by atoms with Gasteiger partial charge in [-0.25, -0.2) is 4.79 Å². The van der Waals surface area contributed by atoms with Crippen LogP contribution in [0.25, 0.3) is 5.57 Å². The number of hydrogen-bond acceptors (Lipinski definition) is 4. The van der Waals surface area contributed by atoms with E-state index in [4.69, 9.17) is 11.6 Å². The SMILES string of the molecule is CC(C)(O)C(=O)N1CC=C(c2ccc(NC(=O)N3Cc4cc(Cl)cnc4C3)cc2)CC1. The number of urea groups is 1. The lowest BCUT2D eigenvalue weighted by Gasteiger charge is -2.31. The second-order valence-electron chi connectivity index (χ2n) is 8.41. The number of carbonyl (C=O) groups excluding carboxylic acids is 2. The third-order valence-electron chi connectivity index (χ3n) is 5.54. The van der Waals surface area contributed by atoms with Crippen LogP contribution in [0.15, 0.2) is 42.6 Å². The van der Waals surface area contributed by atoms with Gasteiger partial charge in [0.25, 0.3) is 5.91 Å². The number of anilines is 1. The quantitative estimate of drug-likeness (QED) is 0.762. The Morgan fingerprint density at radius 2 is 1.90 bits per heavy atom. The number of hydrogen-bond donors (Lipinski definition) is 2. The van der Waals surface area contributed by atoms with Gasteiger partial charge in [0.05, 0.1) is 17.3 Å². The van der Waals surface area contributed by atoms with Gasteiger partial charge in [0.2, 0.25) is 0 Å². The minimum Gasteiger partial charge on any atom is -0.381 e. The number of nitrogens with one attached hydrogen (secondary N) is 1. The molecule has 2 aliphatic heterocycles. The third kappa shape index (κ3) is 4.73. The molecule has 7 nitrogen and oxygen atoms in total. The van der Waals surface area contributed by atoms with Crippen LogP contribution in [0, 0.1) is 0 Å². The summed E-state index contributed by atoms with van der Waals surface area (Å²) in [5.74, 6) is -0.262. The van der Waals surface area contributed by atoms with Gasteiger partial charge in [0.15, 0.2) is 0 Å². The molecule has 3 amide bonds. The molecule has 2 aromatic rings. The first-order valence-corrected chi connectivity index (χ1v) is 10.6. The summed E-state index contributed by atoms with van der Waals surface area (Å²) >= 11 is 5.99. The molecule has 3 heterocycles. The Kier molecular flexibility index (Phi) is 5.73. The molecule has 0 aliphatic carbocycles. The van der Waals surface area contributed by atoms with E-state index in [1.165, 1.54) is 13.8 Å². The number of carbonyl (C=O) groups is 2. The lowest BCUT2D eigenvalue weighted by Crippen LogP contribution is -2.46. The van der Waals surface area contributed by atoms with Crippen molar-refractivity contribution in [1.29, 1.82) is 0 Å². The minimum atomic E-state index is -1.36. The molecule has 0 unspecified atom stereocenters.